The lowest BCUT2D eigenvalue weighted by Gasteiger charge is -2.12. The zero-order chi connectivity index (χ0) is 13.4. The number of fused-ring (bicyclic) bond motifs is 1. The van der Waals surface area contributed by atoms with Gasteiger partial charge in [-0.15, -0.1) is 0 Å². The summed E-state index contributed by atoms with van der Waals surface area (Å²) in [5, 5.41) is 10.2. The van der Waals surface area contributed by atoms with Crippen LogP contribution in [0.4, 0.5) is 4.39 Å². The van der Waals surface area contributed by atoms with Crippen molar-refractivity contribution in [3.63, 3.8) is 0 Å². The Hall–Kier alpha value is -1.87. The van der Waals surface area contributed by atoms with E-state index in [0.717, 1.165) is 22.4 Å². The SMILES string of the molecule is COc1ccc2c(c1)[C@H](O)C[C@@H]2c1ccc(F)cc1. The van der Waals surface area contributed by atoms with Crippen LogP contribution in [0.25, 0.3) is 0 Å². The van der Waals surface area contributed by atoms with E-state index in [1.807, 2.05) is 18.2 Å². The Morgan fingerprint density at radius 3 is 2.53 bits per heavy atom. The van der Waals surface area contributed by atoms with Gasteiger partial charge in [0.05, 0.1) is 13.2 Å². The van der Waals surface area contributed by atoms with Gasteiger partial charge in [-0.1, -0.05) is 18.2 Å². The van der Waals surface area contributed by atoms with Gasteiger partial charge in [0.1, 0.15) is 11.6 Å². The molecule has 3 rings (SSSR count). The number of benzene rings is 2. The molecule has 0 aliphatic heterocycles. The Morgan fingerprint density at radius 2 is 1.84 bits per heavy atom. The van der Waals surface area contributed by atoms with Crippen LogP contribution in [-0.4, -0.2) is 12.2 Å². The summed E-state index contributed by atoms with van der Waals surface area (Å²) in [4.78, 5) is 0. The average Bonchev–Trinajstić information content (AvgIpc) is 2.76. The molecule has 0 amide bonds. The molecule has 98 valence electrons. The monoisotopic (exact) mass is 258 g/mol. The summed E-state index contributed by atoms with van der Waals surface area (Å²) in [6.45, 7) is 0. The van der Waals surface area contributed by atoms with Crippen LogP contribution in [0, 0.1) is 5.82 Å². The van der Waals surface area contributed by atoms with E-state index in [1.165, 1.54) is 12.1 Å². The fraction of sp³-hybridized carbons (Fsp3) is 0.250. The predicted octanol–water partition coefficient (Wildman–Crippen LogP) is 3.40. The van der Waals surface area contributed by atoms with Gasteiger partial charge in [-0.2, -0.15) is 0 Å². The van der Waals surface area contributed by atoms with Crippen molar-refractivity contribution in [3.8, 4) is 5.75 Å². The quantitative estimate of drug-likeness (QED) is 0.894. The van der Waals surface area contributed by atoms with Crippen LogP contribution in [0.15, 0.2) is 42.5 Å². The maximum absolute atomic E-state index is 13.0. The molecule has 3 heteroatoms. The van der Waals surface area contributed by atoms with Gasteiger partial charge in [0.25, 0.3) is 0 Å². The summed E-state index contributed by atoms with van der Waals surface area (Å²) < 4.78 is 18.2. The third kappa shape index (κ3) is 2.10. The number of methoxy groups -OCH3 is 1. The van der Waals surface area contributed by atoms with Gasteiger partial charge >= 0.3 is 0 Å². The van der Waals surface area contributed by atoms with E-state index in [9.17, 15) is 9.50 Å². The van der Waals surface area contributed by atoms with E-state index in [0.29, 0.717) is 6.42 Å². The van der Waals surface area contributed by atoms with Crippen molar-refractivity contribution in [2.24, 2.45) is 0 Å². The van der Waals surface area contributed by atoms with E-state index in [1.54, 1.807) is 19.2 Å². The summed E-state index contributed by atoms with van der Waals surface area (Å²) in [6.07, 6.45) is 0.147. The second kappa shape index (κ2) is 4.67. The molecule has 1 N–H and O–H groups in total. The maximum atomic E-state index is 13.0. The molecule has 0 bridgehead atoms. The molecule has 2 atom stereocenters. The lowest BCUT2D eigenvalue weighted by Crippen LogP contribution is -1.96. The zero-order valence-electron chi connectivity index (χ0n) is 10.6. The summed E-state index contributed by atoms with van der Waals surface area (Å²) in [6, 6.07) is 12.2. The van der Waals surface area contributed by atoms with Crippen LogP contribution < -0.4 is 4.74 Å². The number of hydrogen-bond donors (Lipinski definition) is 1. The fourth-order valence-corrected chi connectivity index (χ4v) is 2.77. The molecule has 2 nitrogen and oxygen atoms in total. The first-order valence-electron chi connectivity index (χ1n) is 6.30. The Balaban J connectivity index is 2.02. The molecule has 0 fully saturated rings. The number of aliphatic hydroxyl groups is 1. The van der Waals surface area contributed by atoms with Gasteiger partial charge in [-0.25, -0.2) is 4.39 Å². The molecule has 1 aliphatic carbocycles. The van der Waals surface area contributed by atoms with E-state index in [4.69, 9.17) is 4.74 Å². The normalized spacial score (nSPS) is 21.2. The molecule has 2 aromatic rings. The van der Waals surface area contributed by atoms with Crippen molar-refractivity contribution >= 4 is 0 Å². The molecular weight excluding hydrogens is 243 g/mol. The Labute approximate surface area is 111 Å². The van der Waals surface area contributed by atoms with Gasteiger partial charge in [-0.3, -0.25) is 0 Å². The summed E-state index contributed by atoms with van der Waals surface area (Å²) >= 11 is 0. The third-order valence-corrected chi connectivity index (χ3v) is 3.76. The summed E-state index contributed by atoms with van der Waals surface area (Å²) in [7, 11) is 1.61. The fourth-order valence-electron chi connectivity index (χ4n) is 2.77. The van der Waals surface area contributed by atoms with Crippen LogP contribution >= 0.6 is 0 Å². The number of ether oxygens (including phenoxy) is 1. The van der Waals surface area contributed by atoms with Crippen molar-refractivity contribution in [3.05, 3.63) is 65.0 Å². The molecule has 0 spiro atoms. The van der Waals surface area contributed by atoms with E-state index in [2.05, 4.69) is 0 Å². The number of hydrogen-bond acceptors (Lipinski definition) is 2. The number of halogens is 1. The van der Waals surface area contributed by atoms with Gasteiger partial charge in [0, 0.05) is 5.92 Å². The van der Waals surface area contributed by atoms with Crippen molar-refractivity contribution in [2.45, 2.75) is 18.4 Å². The van der Waals surface area contributed by atoms with E-state index in [-0.39, 0.29) is 11.7 Å². The lowest BCUT2D eigenvalue weighted by molar-refractivity contribution is 0.176. The van der Waals surface area contributed by atoms with Crippen LogP contribution in [0.1, 0.15) is 35.1 Å². The van der Waals surface area contributed by atoms with Crippen LogP contribution in [-0.2, 0) is 0 Å². The molecule has 19 heavy (non-hydrogen) atoms. The largest absolute Gasteiger partial charge is 0.497 e. The minimum Gasteiger partial charge on any atom is -0.497 e. The third-order valence-electron chi connectivity index (χ3n) is 3.76. The molecule has 0 heterocycles. The smallest absolute Gasteiger partial charge is 0.123 e. The second-order valence-corrected chi connectivity index (χ2v) is 4.85. The standard InChI is InChI=1S/C16H15FO2/c1-19-12-6-7-13-14(9-16(18)15(13)8-12)10-2-4-11(17)5-3-10/h2-8,14,16,18H,9H2,1H3/t14-,16-/m1/s1. The first-order valence-corrected chi connectivity index (χ1v) is 6.30. The van der Waals surface area contributed by atoms with Gasteiger partial charge in [-0.05, 0) is 47.4 Å². The second-order valence-electron chi connectivity index (χ2n) is 4.85. The van der Waals surface area contributed by atoms with Crippen LogP contribution in [0.5, 0.6) is 5.75 Å². The van der Waals surface area contributed by atoms with Gasteiger partial charge < -0.3 is 9.84 Å². The van der Waals surface area contributed by atoms with Gasteiger partial charge in [0.15, 0.2) is 0 Å². The van der Waals surface area contributed by atoms with E-state index >= 15 is 0 Å². The molecule has 0 saturated carbocycles. The topological polar surface area (TPSA) is 29.5 Å². The van der Waals surface area contributed by atoms with Crippen LogP contribution in [0.3, 0.4) is 0 Å². The summed E-state index contributed by atoms with van der Waals surface area (Å²) in [5.41, 5.74) is 3.04. The highest BCUT2D eigenvalue weighted by Crippen LogP contribution is 2.45. The minimum atomic E-state index is -0.486. The first kappa shape index (κ1) is 12.2. The molecule has 0 aromatic heterocycles. The minimum absolute atomic E-state index is 0.122. The molecule has 0 saturated heterocycles. The Morgan fingerprint density at radius 1 is 1.11 bits per heavy atom. The lowest BCUT2D eigenvalue weighted by atomic mass is 9.93. The number of rotatable bonds is 2. The Kier molecular flexibility index (Phi) is 2.99. The van der Waals surface area contributed by atoms with Gasteiger partial charge in [0.2, 0.25) is 0 Å². The maximum Gasteiger partial charge on any atom is 0.123 e. The van der Waals surface area contributed by atoms with Crippen molar-refractivity contribution in [2.75, 3.05) is 7.11 Å². The van der Waals surface area contributed by atoms with Crippen molar-refractivity contribution < 1.29 is 14.2 Å². The molecule has 0 radical (unpaired) electrons. The predicted molar refractivity (Wildman–Crippen MR) is 70.8 cm³/mol. The summed E-state index contributed by atoms with van der Waals surface area (Å²) in [5.74, 6) is 0.631. The number of aliphatic hydroxyl groups excluding tert-OH is 1. The Bertz CT molecular complexity index is 592. The highest BCUT2D eigenvalue weighted by molar-refractivity contribution is 5.47. The highest BCUT2D eigenvalue weighted by Gasteiger charge is 2.30. The average molecular weight is 258 g/mol. The molecule has 1 aliphatic rings. The van der Waals surface area contributed by atoms with Crippen molar-refractivity contribution in [1.82, 2.24) is 0 Å². The van der Waals surface area contributed by atoms with E-state index < -0.39 is 6.10 Å². The zero-order valence-corrected chi connectivity index (χ0v) is 10.6. The molecular formula is C16H15FO2. The van der Waals surface area contributed by atoms with Crippen LogP contribution in [0.2, 0.25) is 0 Å². The molecule has 0 unspecified atom stereocenters. The first-order chi connectivity index (χ1) is 9.19. The highest BCUT2D eigenvalue weighted by atomic mass is 19.1. The van der Waals surface area contributed by atoms with Crippen molar-refractivity contribution in [1.29, 1.82) is 0 Å². The molecule has 2 aromatic carbocycles.